The van der Waals surface area contributed by atoms with Crippen LogP contribution in [0.4, 0.5) is 13.2 Å². The van der Waals surface area contributed by atoms with Gasteiger partial charge in [0.1, 0.15) is 0 Å². The summed E-state index contributed by atoms with van der Waals surface area (Å²) in [4.78, 5) is 4.45. The summed E-state index contributed by atoms with van der Waals surface area (Å²) in [6, 6.07) is 13.5. The summed E-state index contributed by atoms with van der Waals surface area (Å²) in [5.41, 5.74) is 3.76. The second-order valence-corrected chi connectivity index (χ2v) is 7.35. The van der Waals surface area contributed by atoms with Gasteiger partial charge < -0.3 is 9.80 Å². The van der Waals surface area contributed by atoms with E-state index in [0.717, 1.165) is 49.1 Å². The molecule has 148 valence electrons. The molecule has 1 saturated heterocycles. The molecule has 6 heteroatoms. The van der Waals surface area contributed by atoms with Crippen LogP contribution in [-0.4, -0.2) is 43.0 Å². The molecule has 1 fully saturated rings. The Morgan fingerprint density at radius 1 is 0.966 bits per heavy atom. The molecule has 3 nitrogen and oxygen atoms in total. The van der Waals surface area contributed by atoms with Gasteiger partial charge in [0, 0.05) is 49.1 Å². The quantitative estimate of drug-likeness (QED) is 0.655. The lowest BCUT2D eigenvalue weighted by Gasteiger charge is -2.36. The van der Waals surface area contributed by atoms with E-state index in [1.54, 1.807) is 0 Å². The van der Waals surface area contributed by atoms with E-state index in [4.69, 9.17) is 0 Å². The lowest BCUT2D eigenvalue weighted by molar-refractivity contribution is -0.137. The molecule has 2 aromatic carbocycles. The highest BCUT2D eigenvalue weighted by Crippen LogP contribution is 2.41. The number of alkyl halides is 3. The molecule has 0 spiro atoms. The first kappa shape index (κ1) is 19.3. The summed E-state index contributed by atoms with van der Waals surface area (Å²) >= 11 is 0. The van der Waals surface area contributed by atoms with E-state index in [9.17, 15) is 18.4 Å². The molecule has 0 radical (unpaired) electrons. The van der Waals surface area contributed by atoms with E-state index < -0.39 is 11.7 Å². The largest absolute Gasteiger partial charge is 0.416 e. The first-order valence-electron chi connectivity index (χ1n) is 9.45. The maximum absolute atomic E-state index is 13.4. The summed E-state index contributed by atoms with van der Waals surface area (Å²) in [5.74, 6) is 0. The third-order valence-corrected chi connectivity index (χ3v) is 5.51. The van der Waals surface area contributed by atoms with Crippen LogP contribution in [0.3, 0.4) is 0 Å². The number of hydrogen-bond acceptors (Lipinski definition) is 3. The lowest BCUT2D eigenvalue weighted by Crippen LogP contribution is -2.43. The Morgan fingerprint density at radius 2 is 1.66 bits per heavy atom. The summed E-state index contributed by atoms with van der Waals surface area (Å²) < 4.78 is 40.1. The van der Waals surface area contributed by atoms with Gasteiger partial charge in [0.05, 0.1) is 11.6 Å². The topological polar surface area (TPSA) is 30.3 Å². The van der Waals surface area contributed by atoms with E-state index in [1.165, 1.54) is 18.2 Å². The Bertz CT molecular complexity index is 1040. The molecule has 1 heterocycles. The van der Waals surface area contributed by atoms with E-state index in [0.29, 0.717) is 16.7 Å². The second kappa shape index (κ2) is 7.41. The van der Waals surface area contributed by atoms with Crippen LogP contribution in [-0.2, 0) is 6.18 Å². The maximum atomic E-state index is 13.4. The summed E-state index contributed by atoms with van der Waals surface area (Å²) in [6.45, 7) is 3.36. The van der Waals surface area contributed by atoms with Crippen molar-refractivity contribution in [2.75, 3.05) is 33.2 Å². The standard InChI is InChI=1S/C23H20F3N3/c1-28-10-12-29(13-11-28)22-15-16-14-17(23(24,25)26)6-7-18(16)20(8-9-27)19-4-2-3-5-21(19)22/h2-8,14-15H,10-13H2,1H3. The molecule has 0 amide bonds. The maximum Gasteiger partial charge on any atom is 0.416 e. The summed E-state index contributed by atoms with van der Waals surface area (Å²) in [5, 5.41) is 9.35. The molecule has 0 saturated carbocycles. The molecule has 29 heavy (non-hydrogen) atoms. The Balaban J connectivity index is 1.95. The molecule has 0 N–H and O–H groups in total. The lowest BCUT2D eigenvalue weighted by atomic mass is 9.92. The number of likely N-dealkylation sites (N-methyl/N-ethyl adjacent to an activating group) is 1. The van der Waals surface area contributed by atoms with Crippen molar-refractivity contribution in [1.82, 2.24) is 9.80 Å². The fourth-order valence-corrected chi connectivity index (χ4v) is 3.94. The molecule has 1 aliphatic heterocycles. The molecule has 2 aliphatic rings. The van der Waals surface area contributed by atoms with E-state index >= 15 is 0 Å². The minimum Gasteiger partial charge on any atom is -0.368 e. The number of piperazine rings is 1. The molecule has 0 unspecified atom stereocenters. The molecule has 4 rings (SSSR count). The van der Waals surface area contributed by atoms with Crippen LogP contribution in [0.1, 0.15) is 27.8 Å². The minimum atomic E-state index is -4.42. The van der Waals surface area contributed by atoms with Gasteiger partial charge in [0.2, 0.25) is 0 Å². The number of fused-ring (bicyclic) bond motifs is 2. The fourth-order valence-electron chi connectivity index (χ4n) is 3.94. The van der Waals surface area contributed by atoms with Crippen LogP contribution in [0.25, 0.3) is 17.3 Å². The Labute approximate surface area is 168 Å². The van der Waals surface area contributed by atoms with Gasteiger partial charge in [-0.15, -0.1) is 0 Å². The normalized spacial score (nSPS) is 18.5. The molecule has 0 aromatic heterocycles. The number of benzene rings is 2. The number of hydrogen-bond donors (Lipinski definition) is 0. The monoisotopic (exact) mass is 395 g/mol. The predicted molar refractivity (Wildman–Crippen MR) is 108 cm³/mol. The van der Waals surface area contributed by atoms with Crippen LogP contribution in [0.2, 0.25) is 0 Å². The van der Waals surface area contributed by atoms with Crippen LogP contribution in [0.15, 0.2) is 48.5 Å². The highest BCUT2D eigenvalue weighted by Gasteiger charge is 2.32. The molecule has 0 bridgehead atoms. The van der Waals surface area contributed by atoms with E-state index in [2.05, 4.69) is 22.9 Å². The molecule has 0 atom stereocenters. The fraction of sp³-hybridized carbons (Fsp3) is 0.261. The minimum absolute atomic E-state index is 0.478. The van der Waals surface area contributed by atoms with Crippen LogP contribution < -0.4 is 0 Å². The smallest absolute Gasteiger partial charge is 0.368 e. The van der Waals surface area contributed by atoms with Gasteiger partial charge in [-0.2, -0.15) is 18.4 Å². The second-order valence-electron chi connectivity index (χ2n) is 7.35. The Morgan fingerprint density at radius 3 is 2.31 bits per heavy atom. The van der Waals surface area contributed by atoms with Gasteiger partial charge in [-0.1, -0.05) is 30.3 Å². The molecular formula is C23H20F3N3. The number of rotatable bonds is 1. The van der Waals surface area contributed by atoms with Crippen molar-refractivity contribution in [3.63, 3.8) is 0 Å². The molecule has 1 aliphatic carbocycles. The van der Waals surface area contributed by atoms with Gasteiger partial charge in [0.25, 0.3) is 0 Å². The number of nitriles is 1. The summed E-state index contributed by atoms with van der Waals surface area (Å²) in [6.07, 6.45) is -1.16. The van der Waals surface area contributed by atoms with Gasteiger partial charge in [-0.3, -0.25) is 0 Å². The van der Waals surface area contributed by atoms with E-state index in [-0.39, 0.29) is 0 Å². The zero-order chi connectivity index (χ0) is 20.6. The van der Waals surface area contributed by atoms with Crippen molar-refractivity contribution in [3.8, 4) is 6.07 Å². The number of nitrogens with zero attached hydrogens (tertiary/aromatic N) is 3. The highest BCUT2D eigenvalue weighted by molar-refractivity contribution is 5.98. The average Bonchev–Trinajstić information content (AvgIpc) is 2.83. The third-order valence-electron chi connectivity index (χ3n) is 5.51. The molecular weight excluding hydrogens is 375 g/mol. The Hall–Kier alpha value is -3.04. The first-order chi connectivity index (χ1) is 13.9. The van der Waals surface area contributed by atoms with Gasteiger partial charge in [-0.25, -0.2) is 0 Å². The number of allylic oxidation sites excluding steroid dienone is 1. The van der Waals surface area contributed by atoms with Crippen molar-refractivity contribution >= 4 is 17.3 Å². The summed E-state index contributed by atoms with van der Waals surface area (Å²) in [7, 11) is 2.06. The zero-order valence-corrected chi connectivity index (χ0v) is 16.0. The van der Waals surface area contributed by atoms with Crippen molar-refractivity contribution in [1.29, 1.82) is 5.26 Å². The van der Waals surface area contributed by atoms with E-state index in [1.807, 2.05) is 30.3 Å². The SMILES string of the molecule is CN1CCN(C2=Cc3cc(C(F)(F)F)ccc3C(=CC#N)c3ccccc32)CC1. The average molecular weight is 395 g/mol. The third kappa shape index (κ3) is 3.66. The van der Waals surface area contributed by atoms with Crippen LogP contribution in [0.5, 0.6) is 0 Å². The van der Waals surface area contributed by atoms with Gasteiger partial charge in [0.15, 0.2) is 0 Å². The van der Waals surface area contributed by atoms with Gasteiger partial charge in [-0.05, 0) is 41.9 Å². The van der Waals surface area contributed by atoms with Crippen molar-refractivity contribution < 1.29 is 13.2 Å². The van der Waals surface area contributed by atoms with Crippen molar-refractivity contribution in [2.24, 2.45) is 0 Å². The van der Waals surface area contributed by atoms with Crippen LogP contribution >= 0.6 is 0 Å². The number of halogens is 3. The first-order valence-corrected chi connectivity index (χ1v) is 9.45. The van der Waals surface area contributed by atoms with Crippen molar-refractivity contribution in [2.45, 2.75) is 6.18 Å². The van der Waals surface area contributed by atoms with Crippen LogP contribution in [0, 0.1) is 11.3 Å². The zero-order valence-electron chi connectivity index (χ0n) is 16.0. The van der Waals surface area contributed by atoms with Gasteiger partial charge >= 0.3 is 6.18 Å². The van der Waals surface area contributed by atoms with Crippen molar-refractivity contribution in [3.05, 3.63) is 76.4 Å². The molecule has 2 aromatic rings. The highest BCUT2D eigenvalue weighted by atomic mass is 19.4. The Kier molecular flexibility index (Phi) is 4.93. The predicted octanol–water partition coefficient (Wildman–Crippen LogP) is 4.72.